The van der Waals surface area contributed by atoms with E-state index in [2.05, 4.69) is 10.3 Å². The lowest BCUT2D eigenvalue weighted by Gasteiger charge is -2.26. The van der Waals surface area contributed by atoms with Gasteiger partial charge in [-0.05, 0) is 36.4 Å². The van der Waals surface area contributed by atoms with Crippen molar-refractivity contribution in [3.8, 4) is 5.75 Å². The number of hydrogen-bond donors (Lipinski definition) is 1. The van der Waals surface area contributed by atoms with Crippen molar-refractivity contribution in [2.45, 2.75) is 4.90 Å². The summed E-state index contributed by atoms with van der Waals surface area (Å²) in [4.78, 5) is 17.0. The molecule has 1 amide bonds. The third-order valence-electron chi connectivity index (χ3n) is 4.62. The monoisotopic (exact) mass is 433 g/mol. The maximum Gasteiger partial charge on any atom is 0.255 e. The zero-order chi connectivity index (χ0) is 20.4. The molecule has 0 spiro atoms. The molecule has 1 N–H and O–H groups in total. The second-order valence-corrected chi connectivity index (χ2v) is 9.19. The Morgan fingerprint density at radius 2 is 2.00 bits per heavy atom. The van der Waals surface area contributed by atoms with E-state index in [1.165, 1.54) is 41.0 Å². The fraction of sp³-hybridized carbons (Fsp3) is 0.263. The lowest BCUT2D eigenvalue weighted by molar-refractivity contribution is 0.0730. The molecule has 1 aromatic heterocycles. The second-order valence-electron chi connectivity index (χ2n) is 6.37. The minimum Gasteiger partial charge on any atom is -0.495 e. The fourth-order valence-electron chi connectivity index (χ4n) is 3.07. The van der Waals surface area contributed by atoms with Gasteiger partial charge >= 0.3 is 0 Å². The van der Waals surface area contributed by atoms with Crippen LogP contribution in [-0.2, 0) is 14.8 Å². The number of carbonyl (C=O) groups excluding carboxylic acids is 1. The minimum atomic E-state index is -3.69. The van der Waals surface area contributed by atoms with Gasteiger partial charge in [-0.3, -0.25) is 4.79 Å². The Balaban J connectivity index is 1.63. The number of sulfonamides is 1. The van der Waals surface area contributed by atoms with Gasteiger partial charge in [-0.2, -0.15) is 4.31 Å². The van der Waals surface area contributed by atoms with Crippen LogP contribution >= 0.6 is 11.3 Å². The molecule has 3 aromatic rings. The van der Waals surface area contributed by atoms with Crippen LogP contribution in [-0.4, -0.2) is 57.0 Å². The molecule has 2 aromatic carbocycles. The van der Waals surface area contributed by atoms with E-state index < -0.39 is 10.0 Å². The van der Waals surface area contributed by atoms with Crippen LogP contribution in [0.25, 0.3) is 10.2 Å². The number of rotatable bonds is 5. The number of aromatic nitrogens is 1. The van der Waals surface area contributed by atoms with E-state index in [1.807, 2.05) is 0 Å². The Hall–Kier alpha value is -2.53. The van der Waals surface area contributed by atoms with Crippen LogP contribution in [0.4, 0.5) is 5.69 Å². The minimum absolute atomic E-state index is 0.0911. The lowest BCUT2D eigenvalue weighted by atomic mass is 10.2. The Morgan fingerprint density at radius 1 is 1.21 bits per heavy atom. The van der Waals surface area contributed by atoms with Gasteiger partial charge in [-0.15, -0.1) is 11.3 Å². The number of nitrogens with zero attached hydrogens (tertiary/aromatic N) is 2. The third-order valence-corrected chi connectivity index (χ3v) is 7.31. The number of amides is 1. The van der Waals surface area contributed by atoms with Crippen molar-refractivity contribution in [2.75, 3.05) is 38.7 Å². The summed E-state index contributed by atoms with van der Waals surface area (Å²) in [5.74, 6) is 0.0117. The Morgan fingerprint density at radius 3 is 2.76 bits per heavy atom. The zero-order valence-corrected chi connectivity index (χ0v) is 17.3. The van der Waals surface area contributed by atoms with Crippen LogP contribution in [0.15, 0.2) is 46.8 Å². The largest absolute Gasteiger partial charge is 0.495 e. The predicted molar refractivity (Wildman–Crippen MR) is 110 cm³/mol. The van der Waals surface area contributed by atoms with Gasteiger partial charge in [0.1, 0.15) is 5.75 Å². The van der Waals surface area contributed by atoms with E-state index in [1.54, 1.807) is 23.7 Å². The summed E-state index contributed by atoms with van der Waals surface area (Å²) in [6, 6.07) is 9.64. The Kier molecular flexibility index (Phi) is 5.50. The van der Waals surface area contributed by atoms with Gasteiger partial charge in [0.05, 0.1) is 46.6 Å². The summed E-state index contributed by atoms with van der Waals surface area (Å²) in [5, 5.41) is 2.76. The van der Waals surface area contributed by atoms with Gasteiger partial charge in [-0.1, -0.05) is 0 Å². The molecule has 2 heterocycles. The number of carbonyl (C=O) groups is 1. The number of benzene rings is 2. The fourth-order valence-corrected chi connectivity index (χ4v) is 5.22. The van der Waals surface area contributed by atoms with E-state index >= 15 is 0 Å². The van der Waals surface area contributed by atoms with Crippen LogP contribution in [0.5, 0.6) is 5.75 Å². The summed E-state index contributed by atoms with van der Waals surface area (Å²) >= 11 is 1.44. The molecule has 29 heavy (non-hydrogen) atoms. The van der Waals surface area contributed by atoms with Gasteiger partial charge in [0.25, 0.3) is 5.91 Å². The highest BCUT2D eigenvalue weighted by molar-refractivity contribution is 7.89. The number of anilines is 1. The number of thiazole rings is 1. The topological polar surface area (TPSA) is 97.8 Å². The highest BCUT2D eigenvalue weighted by Crippen LogP contribution is 2.30. The van der Waals surface area contributed by atoms with Crippen LogP contribution in [0.1, 0.15) is 10.4 Å². The van der Waals surface area contributed by atoms with Crippen molar-refractivity contribution >= 4 is 43.2 Å². The summed E-state index contributed by atoms with van der Waals surface area (Å²) in [6.07, 6.45) is 0. The van der Waals surface area contributed by atoms with E-state index in [0.717, 1.165) is 10.2 Å². The molecular formula is C19H19N3O5S2. The van der Waals surface area contributed by atoms with Crippen molar-refractivity contribution in [3.63, 3.8) is 0 Å². The number of fused-ring (bicyclic) bond motifs is 1. The first kappa shape index (κ1) is 19.8. The molecule has 1 fully saturated rings. The highest BCUT2D eigenvalue weighted by Gasteiger charge is 2.27. The number of nitrogens with one attached hydrogen (secondary N) is 1. The van der Waals surface area contributed by atoms with Crippen LogP contribution in [0.2, 0.25) is 0 Å². The molecule has 0 aliphatic carbocycles. The maximum atomic E-state index is 12.9. The van der Waals surface area contributed by atoms with Gasteiger partial charge in [-0.25, -0.2) is 13.4 Å². The average Bonchev–Trinajstić information content (AvgIpc) is 3.22. The lowest BCUT2D eigenvalue weighted by Crippen LogP contribution is -2.40. The van der Waals surface area contributed by atoms with Crippen molar-refractivity contribution in [2.24, 2.45) is 0 Å². The van der Waals surface area contributed by atoms with E-state index in [-0.39, 0.29) is 16.5 Å². The number of morpholine rings is 1. The molecule has 4 rings (SSSR count). The standard InChI is InChI=1S/C19H19N3O5S2/c1-26-17-5-3-14(29(24,25)22-6-8-27-9-7-22)11-16(17)21-19(23)13-2-4-15-18(10-13)28-12-20-15/h2-5,10-12H,6-9H2,1H3,(H,21,23). The van der Waals surface area contributed by atoms with Crippen LogP contribution in [0.3, 0.4) is 0 Å². The molecule has 0 atom stereocenters. The molecule has 1 saturated heterocycles. The first-order chi connectivity index (χ1) is 14.0. The van der Waals surface area contributed by atoms with Crippen LogP contribution < -0.4 is 10.1 Å². The summed E-state index contributed by atoms with van der Waals surface area (Å²) in [6.45, 7) is 1.31. The van der Waals surface area contributed by atoms with Gasteiger partial charge in [0.2, 0.25) is 10.0 Å². The third kappa shape index (κ3) is 3.97. The van der Waals surface area contributed by atoms with Crippen molar-refractivity contribution in [1.29, 1.82) is 0 Å². The van der Waals surface area contributed by atoms with Crippen LogP contribution in [0, 0.1) is 0 Å². The quantitative estimate of drug-likeness (QED) is 0.664. The molecule has 0 radical (unpaired) electrons. The van der Waals surface area contributed by atoms with Crippen molar-refractivity contribution in [1.82, 2.24) is 9.29 Å². The summed E-state index contributed by atoms with van der Waals surface area (Å²) in [7, 11) is -2.23. The zero-order valence-electron chi connectivity index (χ0n) is 15.6. The Labute approximate surface area is 172 Å². The molecule has 10 heteroatoms. The van der Waals surface area contributed by atoms with E-state index in [0.29, 0.717) is 37.6 Å². The highest BCUT2D eigenvalue weighted by atomic mass is 32.2. The molecule has 0 bridgehead atoms. The SMILES string of the molecule is COc1ccc(S(=O)(=O)N2CCOCC2)cc1NC(=O)c1ccc2ncsc2c1. The number of hydrogen-bond acceptors (Lipinski definition) is 7. The normalized spacial score (nSPS) is 15.3. The Bertz CT molecular complexity index is 1150. The van der Waals surface area contributed by atoms with Gasteiger partial charge in [0.15, 0.2) is 0 Å². The first-order valence-corrected chi connectivity index (χ1v) is 11.2. The first-order valence-electron chi connectivity index (χ1n) is 8.89. The summed E-state index contributed by atoms with van der Waals surface area (Å²) < 4.78 is 38.7. The molecule has 152 valence electrons. The maximum absolute atomic E-state index is 12.9. The molecule has 1 aliphatic heterocycles. The predicted octanol–water partition coefficient (Wildman–Crippen LogP) is 2.58. The van der Waals surface area contributed by atoms with E-state index in [4.69, 9.17) is 9.47 Å². The van der Waals surface area contributed by atoms with Gasteiger partial charge in [0, 0.05) is 18.7 Å². The average molecular weight is 434 g/mol. The van der Waals surface area contributed by atoms with E-state index in [9.17, 15) is 13.2 Å². The number of ether oxygens (including phenoxy) is 2. The molecule has 1 aliphatic rings. The molecular weight excluding hydrogens is 414 g/mol. The second kappa shape index (κ2) is 8.07. The van der Waals surface area contributed by atoms with Crippen molar-refractivity contribution < 1.29 is 22.7 Å². The molecule has 8 nitrogen and oxygen atoms in total. The smallest absolute Gasteiger partial charge is 0.255 e. The van der Waals surface area contributed by atoms with Gasteiger partial charge < -0.3 is 14.8 Å². The summed E-state index contributed by atoms with van der Waals surface area (Å²) in [5.41, 5.74) is 3.28. The molecule has 0 saturated carbocycles. The molecule has 0 unspecified atom stereocenters. The number of methoxy groups -OCH3 is 1. The van der Waals surface area contributed by atoms with Crippen molar-refractivity contribution in [3.05, 3.63) is 47.5 Å².